The van der Waals surface area contributed by atoms with Gasteiger partial charge in [-0.25, -0.2) is 0 Å². The van der Waals surface area contributed by atoms with Crippen LogP contribution >= 0.6 is 0 Å². The molecular weight excluding hydrogens is 380 g/mol. The molecule has 2 saturated carbocycles. The lowest BCUT2D eigenvalue weighted by Gasteiger charge is -2.58. The third-order valence-electron chi connectivity index (χ3n) is 8.62. The van der Waals surface area contributed by atoms with Gasteiger partial charge in [-0.15, -0.1) is 0 Å². The van der Waals surface area contributed by atoms with E-state index in [0.717, 1.165) is 44.1 Å². The van der Waals surface area contributed by atoms with Gasteiger partial charge in [0, 0.05) is 37.2 Å². The summed E-state index contributed by atoms with van der Waals surface area (Å²) in [5.74, 6) is 0.609. The Labute approximate surface area is 179 Å². The molecule has 0 N–H and O–H groups in total. The van der Waals surface area contributed by atoms with Crippen LogP contribution in [-0.4, -0.2) is 29.9 Å². The van der Waals surface area contributed by atoms with Crippen molar-refractivity contribution >= 4 is 17.7 Å². The highest BCUT2D eigenvalue weighted by Crippen LogP contribution is 2.65. The zero-order valence-corrected chi connectivity index (χ0v) is 18.8. The van der Waals surface area contributed by atoms with Crippen LogP contribution in [0.1, 0.15) is 73.1 Å². The molecule has 164 valence electrons. The van der Waals surface area contributed by atoms with Crippen LogP contribution in [-0.2, 0) is 23.9 Å². The van der Waals surface area contributed by atoms with Gasteiger partial charge >= 0.3 is 11.9 Å². The first kappa shape index (κ1) is 21.3. The molecule has 30 heavy (non-hydrogen) atoms. The molecule has 4 aliphatic carbocycles. The Balaban J connectivity index is 1.66. The van der Waals surface area contributed by atoms with Gasteiger partial charge in [0.1, 0.15) is 12.2 Å². The van der Waals surface area contributed by atoms with E-state index >= 15 is 0 Å². The minimum atomic E-state index is -0.324. The molecule has 0 aromatic heterocycles. The normalized spacial score (nSPS) is 42.1. The van der Waals surface area contributed by atoms with Gasteiger partial charge in [-0.2, -0.15) is 0 Å². The van der Waals surface area contributed by atoms with Crippen molar-refractivity contribution in [3.05, 3.63) is 23.3 Å². The second-order valence-corrected chi connectivity index (χ2v) is 10.3. The Kier molecular flexibility index (Phi) is 5.22. The Morgan fingerprint density at radius 2 is 1.63 bits per heavy atom. The second kappa shape index (κ2) is 7.35. The SMILES string of the molecule is CC(=O)O[C@H]1CC[C@@]2(C)C(=CC[C@H]3[C@@H]4[C@H](OC(C)=O)C=C(C(C)=O)[C@@]4(C)CC[C@@H]32)C1. The first-order chi connectivity index (χ1) is 14.1. The third-order valence-corrected chi connectivity index (χ3v) is 8.62. The van der Waals surface area contributed by atoms with Gasteiger partial charge < -0.3 is 9.47 Å². The number of hydrogen-bond donors (Lipinski definition) is 0. The second-order valence-electron chi connectivity index (χ2n) is 10.3. The van der Waals surface area contributed by atoms with Gasteiger partial charge in [0.05, 0.1) is 0 Å². The molecular formula is C25H34O5. The standard InChI is InChI=1S/C25H34O5/c1-14(26)21-13-22(30-16(3)28)23-19-7-6-17-12-18(29-15(2)27)8-10-24(17,4)20(19)9-11-25(21,23)5/h6,13,18-20,22-23H,7-12H2,1-5H3/t18-,19+,20-,22+,23+,24-,25+/m0/s1. The van der Waals surface area contributed by atoms with E-state index in [0.29, 0.717) is 11.8 Å². The molecule has 0 saturated heterocycles. The smallest absolute Gasteiger partial charge is 0.303 e. The van der Waals surface area contributed by atoms with Crippen LogP contribution in [0.15, 0.2) is 23.3 Å². The zero-order chi connectivity index (χ0) is 21.8. The molecule has 5 nitrogen and oxygen atoms in total. The van der Waals surface area contributed by atoms with Crippen molar-refractivity contribution in [3.8, 4) is 0 Å². The molecule has 0 heterocycles. The van der Waals surface area contributed by atoms with Crippen molar-refractivity contribution in [2.24, 2.45) is 28.6 Å². The average Bonchev–Trinajstić information content (AvgIpc) is 2.93. The van der Waals surface area contributed by atoms with Crippen molar-refractivity contribution in [1.29, 1.82) is 0 Å². The van der Waals surface area contributed by atoms with E-state index in [1.807, 2.05) is 6.08 Å². The zero-order valence-electron chi connectivity index (χ0n) is 18.8. The van der Waals surface area contributed by atoms with Gasteiger partial charge in [0.2, 0.25) is 0 Å². The van der Waals surface area contributed by atoms with Crippen molar-refractivity contribution in [2.75, 3.05) is 0 Å². The van der Waals surface area contributed by atoms with Crippen molar-refractivity contribution in [2.45, 2.75) is 85.4 Å². The van der Waals surface area contributed by atoms with E-state index < -0.39 is 0 Å². The Morgan fingerprint density at radius 3 is 2.27 bits per heavy atom. The lowest BCUT2D eigenvalue weighted by Crippen LogP contribution is -2.53. The average molecular weight is 415 g/mol. The van der Waals surface area contributed by atoms with Crippen LogP contribution < -0.4 is 0 Å². The fourth-order valence-corrected chi connectivity index (χ4v) is 7.41. The highest BCUT2D eigenvalue weighted by Gasteiger charge is 2.60. The highest BCUT2D eigenvalue weighted by molar-refractivity contribution is 5.95. The number of fused-ring (bicyclic) bond motifs is 5. The summed E-state index contributed by atoms with van der Waals surface area (Å²) in [6.45, 7) is 9.14. The van der Waals surface area contributed by atoms with E-state index in [-0.39, 0.29) is 46.7 Å². The largest absolute Gasteiger partial charge is 0.462 e. The van der Waals surface area contributed by atoms with E-state index in [4.69, 9.17) is 9.47 Å². The van der Waals surface area contributed by atoms with Gasteiger partial charge in [0.15, 0.2) is 5.78 Å². The number of Topliss-reactive ketones (excluding diaryl/α,β-unsaturated/α-hetero) is 1. The lowest BCUT2D eigenvalue weighted by molar-refractivity contribution is -0.154. The minimum absolute atomic E-state index is 0.0153. The number of ketones is 1. The van der Waals surface area contributed by atoms with E-state index in [1.54, 1.807) is 6.92 Å². The minimum Gasteiger partial charge on any atom is -0.462 e. The monoisotopic (exact) mass is 414 g/mol. The lowest BCUT2D eigenvalue weighted by atomic mass is 9.47. The molecule has 0 aliphatic heterocycles. The number of esters is 2. The quantitative estimate of drug-likeness (QED) is 0.501. The summed E-state index contributed by atoms with van der Waals surface area (Å²) in [5.41, 5.74) is 2.12. The summed E-state index contributed by atoms with van der Waals surface area (Å²) in [5, 5.41) is 0. The maximum atomic E-state index is 12.5. The number of carbonyl (C=O) groups is 3. The number of hydrogen-bond acceptors (Lipinski definition) is 5. The molecule has 0 aromatic rings. The molecule has 4 aliphatic rings. The summed E-state index contributed by atoms with van der Waals surface area (Å²) < 4.78 is 11.3. The van der Waals surface area contributed by atoms with Gasteiger partial charge in [0.25, 0.3) is 0 Å². The maximum Gasteiger partial charge on any atom is 0.303 e. The highest BCUT2D eigenvalue weighted by atomic mass is 16.5. The van der Waals surface area contributed by atoms with Gasteiger partial charge in [-0.3, -0.25) is 14.4 Å². The van der Waals surface area contributed by atoms with E-state index in [2.05, 4.69) is 19.9 Å². The number of rotatable bonds is 3. The molecule has 4 rings (SSSR count). The van der Waals surface area contributed by atoms with Crippen LogP contribution in [0.25, 0.3) is 0 Å². The fraction of sp³-hybridized carbons (Fsp3) is 0.720. The summed E-state index contributed by atoms with van der Waals surface area (Å²) in [6.07, 6.45) is 9.63. The van der Waals surface area contributed by atoms with Crippen LogP contribution in [0.5, 0.6) is 0 Å². The molecule has 0 radical (unpaired) electrons. The van der Waals surface area contributed by atoms with Crippen molar-refractivity contribution in [1.82, 2.24) is 0 Å². The number of carbonyl (C=O) groups excluding carboxylic acids is 3. The molecule has 0 aromatic carbocycles. The molecule has 0 amide bonds. The summed E-state index contributed by atoms with van der Waals surface area (Å²) in [7, 11) is 0. The third kappa shape index (κ3) is 3.25. The molecule has 0 unspecified atom stereocenters. The Bertz CT molecular complexity index is 838. The van der Waals surface area contributed by atoms with Gasteiger partial charge in [-0.05, 0) is 62.4 Å². The van der Waals surface area contributed by atoms with Gasteiger partial charge in [-0.1, -0.05) is 25.5 Å². The molecule has 5 heteroatoms. The van der Waals surface area contributed by atoms with E-state index in [1.165, 1.54) is 19.4 Å². The molecule has 0 bridgehead atoms. The van der Waals surface area contributed by atoms with Crippen LogP contribution in [0.3, 0.4) is 0 Å². The summed E-state index contributed by atoms with van der Waals surface area (Å²) in [4.78, 5) is 35.7. The molecule has 7 atom stereocenters. The van der Waals surface area contributed by atoms with Crippen LogP contribution in [0.4, 0.5) is 0 Å². The van der Waals surface area contributed by atoms with Crippen LogP contribution in [0.2, 0.25) is 0 Å². The predicted octanol–water partition coefficient (Wildman–Crippen LogP) is 4.55. The maximum absolute atomic E-state index is 12.5. The Hall–Kier alpha value is -1.91. The van der Waals surface area contributed by atoms with Crippen molar-refractivity contribution < 1.29 is 23.9 Å². The van der Waals surface area contributed by atoms with Crippen molar-refractivity contribution in [3.63, 3.8) is 0 Å². The van der Waals surface area contributed by atoms with Crippen LogP contribution in [0, 0.1) is 28.6 Å². The molecule has 0 spiro atoms. The summed E-state index contributed by atoms with van der Waals surface area (Å²) >= 11 is 0. The predicted molar refractivity (Wildman–Crippen MR) is 112 cm³/mol. The number of allylic oxidation sites excluding steroid dienone is 2. The fourth-order valence-electron chi connectivity index (χ4n) is 7.41. The van der Waals surface area contributed by atoms with E-state index in [9.17, 15) is 14.4 Å². The Morgan fingerprint density at radius 1 is 0.967 bits per heavy atom. The first-order valence-corrected chi connectivity index (χ1v) is 11.3. The molecule has 2 fully saturated rings. The topological polar surface area (TPSA) is 69.7 Å². The summed E-state index contributed by atoms with van der Waals surface area (Å²) in [6, 6.07) is 0. The number of ether oxygens (including phenoxy) is 2. The first-order valence-electron chi connectivity index (χ1n) is 11.3.